The van der Waals surface area contributed by atoms with Crippen molar-refractivity contribution in [1.82, 2.24) is 15.3 Å². The Hall–Kier alpha value is -3.57. The van der Waals surface area contributed by atoms with Gasteiger partial charge in [-0.1, -0.05) is 65.1 Å². The summed E-state index contributed by atoms with van der Waals surface area (Å²) in [6, 6.07) is 22.7. The second kappa shape index (κ2) is 12.4. The molecule has 0 radical (unpaired) electrons. The van der Waals surface area contributed by atoms with Gasteiger partial charge in [0.2, 0.25) is 0 Å². The lowest BCUT2D eigenvalue weighted by atomic mass is 10.1. The Balaban J connectivity index is 1.84. The molecule has 0 bridgehead atoms. The number of benzene rings is 3. The molecule has 36 heavy (non-hydrogen) atoms. The lowest BCUT2D eigenvalue weighted by molar-refractivity contribution is -0.166. The molecule has 190 valence electrons. The van der Waals surface area contributed by atoms with Crippen LogP contribution in [-0.2, 0) is 19.7 Å². The van der Waals surface area contributed by atoms with Crippen molar-refractivity contribution in [2.75, 3.05) is 6.54 Å². The highest BCUT2D eigenvalue weighted by Gasteiger charge is 2.38. The highest BCUT2D eigenvalue weighted by molar-refractivity contribution is 7.89. The lowest BCUT2D eigenvalue weighted by Crippen LogP contribution is -2.51. The molecule has 0 aliphatic heterocycles. The Morgan fingerprint density at radius 1 is 0.889 bits per heavy atom. The molecule has 0 saturated carbocycles. The van der Waals surface area contributed by atoms with E-state index in [0.29, 0.717) is 10.0 Å². The molecule has 0 aromatic heterocycles. The quantitative estimate of drug-likeness (QED) is 0.268. The maximum absolute atomic E-state index is 13.5. The van der Waals surface area contributed by atoms with Gasteiger partial charge in [-0.15, -0.1) is 0 Å². The summed E-state index contributed by atoms with van der Waals surface area (Å²) in [4.78, 5) is 30.4. The molecule has 3 rings (SSSR count). The molecule has 10 heteroatoms. The number of carbonyl (C=O) groups excluding carboxylic acids is 2. The molecule has 0 aliphatic rings. The molecule has 3 N–H and O–H groups in total. The smallest absolute Gasteiger partial charge is 0.265 e. The largest absolute Gasteiger partial charge is 0.352 e. The van der Waals surface area contributed by atoms with Crippen molar-refractivity contribution in [3.63, 3.8) is 0 Å². The van der Waals surface area contributed by atoms with Gasteiger partial charge in [-0.25, -0.2) is 13.9 Å². The van der Waals surface area contributed by atoms with Gasteiger partial charge in [-0.05, 0) is 55.7 Å². The van der Waals surface area contributed by atoms with E-state index in [-0.39, 0.29) is 23.8 Å². The second-order valence-electron chi connectivity index (χ2n) is 8.21. The van der Waals surface area contributed by atoms with Crippen LogP contribution in [0.15, 0.2) is 89.8 Å². The third-order valence-corrected chi connectivity index (χ3v) is 6.90. The molecule has 2 amide bonds. The minimum Gasteiger partial charge on any atom is -0.352 e. The number of hydroxylamine groups is 2. The van der Waals surface area contributed by atoms with Crippen LogP contribution in [0.5, 0.6) is 0 Å². The first-order valence-corrected chi connectivity index (χ1v) is 12.8. The number of rotatable bonds is 11. The van der Waals surface area contributed by atoms with Gasteiger partial charge in [-0.3, -0.25) is 19.6 Å². The van der Waals surface area contributed by atoms with E-state index in [1.165, 1.54) is 17.6 Å². The Morgan fingerprint density at radius 3 is 2.00 bits per heavy atom. The molecule has 0 fully saturated rings. The number of amides is 2. The van der Waals surface area contributed by atoms with Gasteiger partial charge in [0.25, 0.3) is 21.8 Å². The highest BCUT2D eigenvalue weighted by atomic mass is 32.2. The van der Waals surface area contributed by atoms with Crippen molar-refractivity contribution in [3.05, 3.63) is 90.5 Å². The van der Waals surface area contributed by atoms with Gasteiger partial charge in [-0.2, -0.15) is 0 Å². The molecule has 1 atom stereocenters. The minimum atomic E-state index is -4.33. The van der Waals surface area contributed by atoms with E-state index in [0.717, 1.165) is 11.1 Å². The molecular weight excluding hydrogens is 482 g/mol. The van der Waals surface area contributed by atoms with E-state index in [9.17, 15) is 23.2 Å². The van der Waals surface area contributed by atoms with Gasteiger partial charge in [0, 0.05) is 12.1 Å². The fourth-order valence-electron chi connectivity index (χ4n) is 3.48. The highest BCUT2D eigenvalue weighted by Crippen LogP contribution is 2.25. The van der Waals surface area contributed by atoms with Crippen molar-refractivity contribution in [2.24, 2.45) is 0 Å². The Labute approximate surface area is 210 Å². The molecule has 3 aromatic carbocycles. The van der Waals surface area contributed by atoms with Crippen LogP contribution >= 0.6 is 0 Å². The maximum Gasteiger partial charge on any atom is 0.265 e. The zero-order chi connectivity index (χ0) is 26.1. The second-order valence-corrected chi connectivity index (χ2v) is 9.99. The molecule has 0 saturated heterocycles. The first-order valence-electron chi connectivity index (χ1n) is 11.4. The van der Waals surface area contributed by atoms with Crippen molar-refractivity contribution >= 4 is 21.8 Å². The van der Waals surface area contributed by atoms with Crippen LogP contribution < -0.4 is 10.8 Å². The van der Waals surface area contributed by atoms with E-state index in [4.69, 9.17) is 4.84 Å². The predicted octanol–water partition coefficient (Wildman–Crippen LogP) is 3.38. The lowest BCUT2D eigenvalue weighted by Gasteiger charge is -2.30. The van der Waals surface area contributed by atoms with Crippen LogP contribution in [0.1, 0.15) is 30.6 Å². The standard InChI is InChI=1S/C26H29N3O6S/c1-19(2)35-29(24(26(31)28-32)17-18-27-25(30)22-11-7-4-8-12-22)36(33,34)23-15-13-21(14-16-23)20-9-5-3-6-10-20/h3-16,19,24,32H,17-18H2,1-2H3,(H,27,30)(H,28,31)/t24-/m1/s1. The molecular formula is C26H29N3O6S. The summed E-state index contributed by atoms with van der Waals surface area (Å²) in [5.74, 6) is -1.37. The zero-order valence-electron chi connectivity index (χ0n) is 20.0. The molecule has 0 heterocycles. The van der Waals surface area contributed by atoms with Gasteiger partial charge in [0.1, 0.15) is 6.04 Å². The summed E-state index contributed by atoms with van der Waals surface area (Å²) in [5.41, 5.74) is 3.66. The van der Waals surface area contributed by atoms with Crippen molar-refractivity contribution in [3.8, 4) is 11.1 Å². The molecule has 0 unspecified atom stereocenters. The average molecular weight is 512 g/mol. The van der Waals surface area contributed by atoms with Crippen LogP contribution in [-0.4, -0.2) is 48.6 Å². The summed E-state index contributed by atoms with van der Waals surface area (Å²) < 4.78 is 27.7. The summed E-state index contributed by atoms with van der Waals surface area (Å²) in [5, 5.41) is 12.0. The van der Waals surface area contributed by atoms with E-state index < -0.39 is 28.1 Å². The number of hydrogen-bond acceptors (Lipinski definition) is 6. The fourth-order valence-corrected chi connectivity index (χ4v) is 4.99. The number of nitrogens with one attached hydrogen (secondary N) is 2. The van der Waals surface area contributed by atoms with E-state index in [2.05, 4.69) is 5.32 Å². The number of sulfonamides is 1. The topological polar surface area (TPSA) is 125 Å². The number of hydrogen-bond donors (Lipinski definition) is 3. The summed E-state index contributed by atoms with van der Waals surface area (Å²) in [6.07, 6.45) is -0.754. The van der Waals surface area contributed by atoms with Crippen LogP contribution in [0.25, 0.3) is 11.1 Å². The minimum absolute atomic E-state index is 0.0494. The molecule has 3 aromatic rings. The Morgan fingerprint density at radius 2 is 1.44 bits per heavy atom. The molecule has 9 nitrogen and oxygen atoms in total. The zero-order valence-corrected chi connectivity index (χ0v) is 20.8. The maximum atomic E-state index is 13.5. The molecule has 0 spiro atoms. The van der Waals surface area contributed by atoms with Crippen LogP contribution in [0.4, 0.5) is 0 Å². The Bertz CT molecular complexity index is 1250. The normalized spacial score (nSPS) is 12.4. The van der Waals surface area contributed by atoms with Crippen LogP contribution in [0.3, 0.4) is 0 Å². The third-order valence-electron chi connectivity index (χ3n) is 5.22. The summed E-state index contributed by atoms with van der Waals surface area (Å²) >= 11 is 0. The first kappa shape index (κ1) is 27.0. The number of carbonyl (C=O) groups is 2. The van der Waals surface area contributed by atoms with Crippen molar-refractivity contribution < 1.29 is 28.1 Å². The van der Waals surface area contributed by atoms with E-state index in [1.807, 2.05) is 30.3 Å². The predicted molar refractivity (Wildman–Crippen MR) is 134 cm³/mol. The van der Waals surface area contributed by atoms with Gasteiger partial charge >= 0.3 is 0 Å². The van der Waals surface area contributed by atoms with Crippen LogP contribution in [0, 0.1) is 0 Å². The summed E-state index contributed by atoms with van der Waals surface area (Å²) in [7, 11) is -4.33. The van der Waals surface area contributed by atoms with Gasteiger partial charge in [0.15, 0.2) is 0 Å². The van der Waals surface area contributed by atoms with Gasteiger partial charge < -0.3 is 5.32 Å². The average Bonchev–Trinajstić information content (AvgIpc) is 2.90. The Kier molecular flexibility index (Phi) is 9.31. The number of nitrogens with zero attached hydrogens (tertiary/aromatic N) is 1. The third kappa shape index (κ3) is 6.76. The monoisotopic (exact) mass is 511 g/mol. The van der Waals surface area contributed by atoms with Crippen molar-refractivity contribution in [1.29, 1.82) is 0 Å². The fraction of sp³-hybridized carbons (Fsp3) is 0.231. The van der Waals surface area contributed by atoms with E-state index >= 15 is 0 Å². The van der Waals surface area contributed by atoms with Gasteiger partial charge in [0.05, 0.1) is 11.0 Å². The van der Waals surface area contributed by atoms with Crippen molar-refractivity contribution in [2.45, 2.75) is 37.3 Å². The molecule has 0 aliphatic carbocycles. The van der Waals surface area contributed by atoms with Crippen LogP contribution in [0.2, 0.25) is 0 Å². The SMILES string of the molecule is CC(C)ON([C@H](CCNC(=O)c1ccccc1)C(=O)NO)S(=O)(=O)c1ccc(-c2ccccc2)cc1. The summed E-state index contributed by atoms with van der Waals surface area (Å²) in [6.45, 7) is 3.18. The first-order chi connectivity index (χ1) is 17.2. The van der Waals surface area contributed by atoms with E-state index in [1.54, 1.807) is 56.3 Å².